The monoisotopic (exact) mass is 1950 g/mol. The largest absolute Gasteiger partial charge is 0.469 e. The molecule has 6 N–H and O–H groups in total. The van der Waals surface area contributed by atoms with Crippen LogP contribution < -0.4 is 68.3 Å². The third-order valence-corrected chi connectivity index (χ3v) is 20.9. The molecule has 62 heteroatoms. The smallest absolute Gasteiger partial charge is 0.336 e. The molecule has 0 aliphatic carbocycles. The second kappa shape index (κ2) is 53.3. The first-order chi connectivity index (χ1) is 65.0. The van der Waals surface area contributed by atoms with Gasteiger partial charge < -0.3 is 97.0 Å². The van der Waals surface area contributed by atoms with Crippen molar-refractivity contribution in [3.05, 3.63) is 126 Å². The summed E-state index contributed by atoms with van der Waals surface area (Å²) < 4.78 is 78.4. The highest BCUT2D eigenvalue weighted by Crippen LogP contribution is 2.36. The summed E-state index contributed by atoms with van der Waals surface area (Å²) in [6.45, 7) is -14.3. The first-order valence-electron chi connectivity index (χ1n) is 41.8. The van der Waals surface area contributed by atoms with Gasteiger partial charge >= 0.3 is 128 Å². The predicted octanol–water partition coefficient (Wildman–Crippen LogP) is -13.1. The number of urea groups is 4. The van der Waals surface area contributed by atoms with Gasteiger partial charge in [0.25, 0.3) is 0 Å². The third kappa shape index (κ3) is 26.8. The van der Waals surface area contributed by atoms with Crippen LogP contribution in [0.25, 0.3) is 0 Å². The number of carbonyl (C=O) groups excluding carboxylic acids is 10. The number of aromatic nitrogens is 12. The predicted molar refractivity (Wildman–Crippen MR) is 446 cm³/mol. The lowest BCUT2D eigenvalue weighted by Crippen LogP contribution is -2.55. The van der Waals surface area contributed by atoms with Crippen molar-refractivity contribution < 1.29 is 145 Å². The van der Waals surface area contributed by atoms with Crippen LogP contribution in [-0.4, -0.2) is 398 Å². The molecule has 136 heavy (non-hydrogen) atoms. The van der Waals surface area contributed by atoms with Crippen LogP contribution in [0.1, 0.15) is 51.4 Å². The molecule has 0 radical (unpaired) electrons. The zero-order valence-corrected chi connectivity index (χ0v) is 75.7. The van der Waals surface area contributed by atoms with E-state index in [0.29, 0.717) is 54.8 Å². The van der Waals surface area contributed by atoms with E-state index in [2.05, 4.69) is 9.47 Å². The minimum absolute atomic E-state index is 0.0847. The Morgan fingerprint density at radius 2 is 0.463 bits per heavy atom. The Balaban J connectivity index is 0.000000371. The zero-order chi connectivity index (χ0) is 100. The maximum Gasteiger partial charge on any atom is 0.336 e. The number of amides is 8. The number of methoxy groups -OCH3 is 8. The molecule has 8 rings (SSSR count). The lowest BCUT2D eigenvalue weighted by Gasteiger charge is -2.28. The summed E-state index contributed by atoms with van der Waals surface area (Å²) in [7, 11) is 10.3. The fourth-order valence-corrected chi connectivity index (χ4v) is 14.3. The van der Waals surface area contributed by atoms with Gasteiger partial charge in [-0.25, -0.2) is 132 Å². The number of esters is 6. The molecule has 6 unspecified atom stereocenters. The van der Waals surface area contributed by atoms with E-state index in [1.807, 2.05) is 0 Å². The topological polar surface area (TPSA) is 711 Å². The molecule has 760 valence electrons. The average Bonchev–Trinajstić information content (AvgIpc) is 1.57. The number of hydrogen-bond donors (Lipinski definition) is 6. The van der Waals surface area contributed by atoms with Crippen molar-refractivity contribution in [3.63, 3.8) is 0 Å². The summed E-state index contributed by atoms with van der Waals surface area (Å²) in [5.41, 5.74) is -14.1. The fraction of sp³-hybridized carbons (Fsp3) is 0.703. The van der Waals surface area contributed by atoms with E-state index in [4.69, 9.17) is 67.1 Å². The van der Waals surface area contributed by atoms with Gasteiger partial charge in [-0.1, -0.05) is 0 Å². The maximum absolute atomic E-state index is 13.6. The van der Waals surface area contributed by atoms with Crippen LogP contribution in [0.5, 0.6) is 0 Å². The maximum atomic E-state index is 13.6. The van der Waals surface area contributed by atoms with Crippen LogP contribution in [0.15, 0.2) is 57.5 Å². The van der Waals surface area contributed by atoms with Crippen LogP contribution in [-0.2, 0) is 174 Å². The average molecular weight is 1950 g/mol. The molecule has 4 aliphatic heterocycles. The summed E-state index contributed by atoms with van der Waals surface area (Å²) in [4.78, 5) is 298. The molecule has 4 aromatic heterocycles. The molecule has 8 amide bonds. The van der Waals surface area contributed by atoms with Gasteiger partial charge in [0.15, 0.2) is 24.7 Å². The zero-order valence-electron chi connectivity index (χ0n) is 75.7. The Morgan fingerprint density at radius 1 is 0.250 bits per heavy atom. The van der Waals surface area contributed by atoms with Crippen LogP contribution in [0.4, 0.5) is 19.2 Å². The number of ether oxygens (including phenoxy) is 14. The summed E-state index contributed by atoms with van der Waals surface area (Å²) >= 11 is 0. The van der Waals surface area contributed by atoms with Gasteiger partial charge in [-0.2, -0.15) is 0 Å². The molecule has 0 bridgehead atoms. The quantitative estimate of drug-likeness (QED) is 0.0136. The number of fused-ring (bicyclic) bond motifs is 2. The van der Waals surface area contributed by atoms with Crippen molar-refractivity contribution in [1.29, 1.82) is 0 Å². The van der Waals surface area contributed by atoms with E-state index < -0.39 is 348 Å². The number of aliphatic hydroxyl groups excluding tert-OH is 6. The van der Waals surface area contributed by atoms with Crippen LogP contribution in [0.3, 0.4) is 0 Å². The minimum atomic E-state index is -1.24. The van der Waals surface area contributed by atoms with E-state index >= 15 is 0 Å². The Bertz CT molecular complexity index is 5620. The van der Waals surface area contributed by atoms with E-state index in [-0.39, 0.29) is 66.4 Å². The van der Waals surface area contributed by atoms with Crippen molar-refractivity contribution in [2.75, 3.05) is 177 Å². The first-order valence-corrected chi connectivity index (χ1v) is 41.8. The molecule has 0 spiro atoms. The second-order valence-electron chi connectivity index (χ2n) is 29.6. The number of nitrogens with zero attached hydrogens (tertiary/aromatic N) is 20. The van der Waals surface area contributed by atoms with Crippen molar-refractivity contribution in [2.45, 2.75) is 167 Å². The van der Waals surface area contributed by atoms with E-state index in [0.717, 1.165) is 14.2 Å². The Morgan fingerprint density at radius 3 is 0.691 bits per heavy atom. The van der Waals surface area contributed by atoms with Gasteiger partial charge in [-0.05, 0) is 6.42 Å². The van der Waals surface area contributed by atoms with E-state index in [1.54, 1.807) is 0 Å². The van der Waals surface area contributed by atoms with Gasteiger partial charge in [0.2, 0.25) is 0 Å². The fourth-order valence-electron chi connectivity index (χ4n) is 14.3. The third-order valence-electron chi connectivity index (χ3n) is 20.9. The Hall–Kier alpha value is -13.0. The molecule has 0 saturated carbocycles. The molecule has 6 atom stereocenters. The van der Waals surface area contributed by atoms with Gasteiger partial charge in [0, 0.05) is 95.0 Å². The lowest BCUT2D eigenvalue weighted by atomic mass is 10.3. The normalized spacial score (nSPS) is 16.2. The highest BCUT2D eigenvalue weighted by molar-refractivity contribution is 5.86. The summed E-state index contributed by atoms with van der Waals surface area (Å²) in [6, 6.07) is -2.19. The van der Waals surface area contributed by atoms with Crippen LogP contribution >= 0.6 is 0 Å². The van der Waals surface area contributed by atoms with Crippen molar-refractivity contribution in [2.24, 2.45) is 0 Å². The summed E-state index contributed by atoms with van der Waals surface area (Å²) in [6.07, 6.45) is -9.59. The van der Waals surface area contributed by atoms with E-state index in [9.17, 15) is 126 Å². The Kier molecular flexibility index (Phi) is 43.1. The molecule has 4 aliphatic rings. The molecule has 8 heterocycles. The molecule has 62 nitrogen and oxygen atoms in total. The van der Waals surface area contributed by atoms with Crippen molar-refractivity contribution >= 4 is 59.9 Å². The molecular weight excluding hydrogens is 1840 g/mol. The first kappa shape index (κ1) is 110. The summed E-state index contributed by atoms with van der Waals surface area (Å²) in [5, 5.41) is 56.2. The van der Waals surface area contributed by atoms with Crippen LogP contribution in [0, 0.1) is 0 Å². The van der Waals surface area contributed by atoms with Gasteiger partial charge in [-0.15, -0.1) is 0 Å². The number of carbonyl (C=O) groups is 10. The molecule has 4 fully saturated rings. The molecule has 4 saturated heterocycles. The minimum Gasteiger partial charge on any atom is -0.469 e. The number of aliphatic hydroxyl groups is 6. The second-order valence-corrected chi connectivity index (χ2v) is 29.6. The summed E-state index contributed by atoms with van der Waals surface area (Å²) in [5.74, 6) is -5.58. The standard InChI is InChI=1S/2C37H56N10O21/c1-62-20-44-28-29(46(22-64-3)36(44)60)47(37(61)45(28)21-63-2)23-66-17-13-42-33(57)41(12-15-48)34(58)43(35(42)59)14-18-68-27(53)7-11-40-31(55)38(9-5-25(51)65-4)30(54)39(32(40)56)10-6-26(52)67-16-8-24(50)19-49;1-62-20-44-28-29(46(22-64-3)36(44)60)47(37(61)45(28)21-63-2)23-66-17-13-42-33(57)41(12-16-49)34(58)43(35(42)59)14-18-67-26(52)6-10-39-30(54)38(9-5-25(51)65-4)31(55)40(32(39)56)11-7-27(53)68-19-24(50)8-15-48/h2*24,28-29,48-50H,5-23H2,1-4H3. The van der Waals surface area contributed by atoms with Gasteiger partial charge in [0.05, 0.1) is 144 Å². The van der Waals surface area contributed by atoms with Crippen LogP contribution in [0.2, 0.25) is 0 Å². The molecule has 0 aromatic carbocycles. The highest BCUT2D eigenvalue weighted by Gasteiger charge is 2.61. The van der Waals surface area contributed by atoms with E-state index in [1.165, 1.54) is 81.9 Å². The van der Waals surface area contributed by atoms with Crippen molar-refractivity contribution in [1.82, 2.24) is 94.0 Å². The Labute approximate surface area is 765 Å². The number of rotatable bonds is 58. The molecular formula is C74H112N20O42. The van der Waals surface area contributed by atoms with Gasteiger partial charge in [-0.3, -0.25) is 68.0 Å². The van der Waals surface area contributed by atoms with Crippen molar-refractivity contribution in [3.8, 4) is 0 Å². The lowest BCUT2D eigenvalue weighted by molar-refractivity contribution is -0.147. The SMILES string of the molecule is COCN1C(=O)N(COC)C2C1N(COC)C(=O)N2COCCn1c(=O)n(CCO)c(=O)n(CCOC(=O)CCn2c(=O)n(CCC(=O)OC)c(=O)n(CCC(=O)OCC(O)CCO)c2=O)c1=O.COCN1C(=O)N(COC)C2C1N(COC)C(=O)N2COCCn1c(=O)n(CCO)c(=O)n(CCOC(=O)CCn2c(=O)n(CCC(=O)OC)c(=O)n(CCC(=O)OCCC(O)CO)c2=O)c1=O. The number of hydrogen-bond acceptors (Lipinski definition) is 42. The highest BCUT2D eigenvalue weighted by atomic mass is 16.6. The van der Waals surface area contributed by atoms with Gasteiger partial charge in [0.1, 0.15) is 73.7 Å². The molecule has 4 aromatic rings.